The zero-order valence-electron chi connectivity index (χ0n) is 21.3. The number of hydrogen-bond donors (Lipinski definition) is 1. The molecule has 1 atom stereocenters. The molecule has 2 aromatic carbocycles. The van der Waals surface area contributed by atoms with Crippen molar-refractivity contribution in [3.8, 4) is 0 Å². The van der Waals surface area contributed by atoms with E-state index < -0.39 is 17.6 Å². The molecule has 2 heterocycles. The lowest BCUT2D eigenvalue weighted by Crippen LogP contribution is -2.44. The van der Waals surface area contributed by atoms with Crippen LogP contribution in [0.15, 0.2) is 47.3 Å². The molecule has 1 N–H and O–H groups in total. The lowest BCUT2D eigenvalue weighted by Gasteiger charge is -2.21. The van der Waals surface area contributed by atoms with Gasteiger partial charge < -0.3 is 4.74 Å². The van der Waals surface area contributed by atoms with Gasteiger partial charge in [0.2, 0.25) is 11.8 Å². The van der Waals surface area contributed by atoms with Gasteiger partial charge in [-0.1, -0.05) is 30.3 Å². The summed E-state index contributed by atoms with van der Waals surface area (Å²) in [6.45, 7) is 5.60. The summed E-state index contributed by atoms with van der Waals surface area (Å²) < 4.78 is 8.48. The fourth-order valence-electron chi connectivity index (χ4n) is 4.75. The molecule has 0 bridgehead atoms. The minimum Gasteiger partial charge on any atom is -0.460 e. The van der Waals surface area contributed by atoms with Gasteiger partial charge in [0, 0.05) is 19.9 Å². The first kappa shape index (κ1) is 25.4. The molecule has 1 aliphatic rings. The summed E-state index contributed by atoms with van der Waals surface area (Å²) >= 11 is 0. The lowest BCUT2D eigenvalue weighted by molar-refractivity contribution is -0.154. The van der Waals surface area contributed by atoms with Crippen LogP contribution in [0, 0.1) is 0 Å². The minimum atomic E-state index is -0.693. The van der Waals surface area contributed by atoms with Gasteiger partial charge in [-0.05, 0) is 75.3 Å². The SMILES string of the molecule is Cn1c(=O)n(C2CCC(=O)NC2=O)c2ccc(CCc3ccccc3CCC(=O)OC(C)(C)C)cc21. The van der Waals surface area contributed by atoms with Crippen molar-refractivity contribution in [2.75, 3.05) is 0 Å². The van der Waals surface area contributed by atoms with Crippen LogP contribution in [0.3, 0.4) is 0 Å². The van der Waals surface area contributed by atoms with E-state index in [-0.39, 0.29) is 24.0 Å². The molecule has 1 aromatic heterocycles. The molecule has 0 saturated carbocycles. The molecule has 1 unspecified atom stereocenters. The van der Waals surface area contributed by atoms with E-state index in [1.165, 1.54) is 10.1 Å². The second kappa shape index (κ2) is 10.1. The smallest absolute Gasteiger partial charge is 0.329 e. The van der Waals surface area contributed by atoms with Gasteiger partial charge in [0.1, 0.15) is 11.6 Å². The summed E-state index contributed by atoms with van der Waals surface area (Å²) in [6.07, 6.45) is 3.02. The van der Waals surface area contributed by atoms with Gasteiger partial charge in [0.15, 0.2) is 0 Å². The fraction of sp³-hybridized carbons (Fsp3) is 0.429. The van der Waals surface area contributed by atoms with Crippen LogP contribution in [0.4, 0.5) is 0 Å². The maximum Gasteiger partial charge on any atom is 0.329 e. The molecule has 2 amide bonds. The van der Waals surface area contributed by atoms with Crippen LogP contribution in [0.25, 0.3) is 11.0 Å². The Morgan fingerprint density at radius 2 is 1.69 bits per heavy atom. The van der Waals surface area contributed by atoms with Crippen molar-refractivity contribution in [3.05, 3.63) is 69.6 Å². The van der Waals surface area contributed by atoms with Crippen LogP contribution in [0.5, 0.6) is 0 Å². The zero-order chi connectivity index (χ0) is 26.0. The number of hydrogen-bond acceptors (Lipinski definition) is 5. The van der Waals surface area contributed by atoms with Gasteiger partial charge in [0.25, 0.3) is 0 Å². The summed E-state index contributed by atoms with van der Waals surface area (Å²) in [5.41, 5.74) is 4.03. The van der Waals surface area contributed by atoms with E-state index in [0.717, 1.165) is 29.5 Å². The van der Waals surface area contributed by atoms with Gasteiger partial charge >= 0.3 is 11.7 Å². The molecular weight excluding hydrogens is 458 g/mol. The van der Waals surface area contributed by atoms with E-state index in [0.29, 0.717) is 24.8 Å². The predicted octanol–water partition coefficient (Wildman–Crippen LogP) is 3.38. The highest BCUT2D eigenvalue weighted by Gasteiger charge is 2.31. The summed E-state index contributed by atoms with van der Waals surface area (Å²) in [4.78, 5) is 49.1. The Morgan fingerprint density at radius 1 is 1.00 bits per heavy atom. The number of fused-ring (bicyclic) bond motifs is 1. The van der Waals surface area contributed by atoms with Crippen molar-refractivity contribution in [1.29, 1.82) is 0 Å². The molecule has 1 aliphatic heterocycles. The number of nitrogens with one attached hydrogen (secondary N) is 1. The van der Waals surface area contributed by atoms with Crippen molar-refractivity contribution in [2.24, 2.45) is 7.05 Å². The number of nitrogens with zero attached hydrogens (tertiary/aromatic N) is 2. The van der Waals surface area contributed by atoms with Crippen molar-refractivity contribution < 1.29 is 19.1 Å². The van der Waals surface area contributed by atoms with Crippen molar-refractivity contribution in [1.82, 2.24) is 14.5 Å². The van der Waals surface area contributed by atoms with Crippen molar-refractivity contribution in [2.45, 2.75) is 70.9 Å². The third-order valence-electron chi connectivity index (χ3n) is 6.50. The molecule has 190 valence electrons. The van der Waals surface area contributed by atoms with E-state index in [9.17, 15) is 19.2 Å². The Hall–Kier alpha value is -3.68. The topological polar surface area (TPSA) is 99.4 Å². The van der Waals surface area contributed by atoms with Crippen LogP contribution in [0.1, 0.15) is 62.8 Å². The highest BCUT2D eigenvalue weighted by molar-refractivity contribution is 6.00. The molecule has 36 heavy (non-hydrogen) atoms. The maximum atomic E-state index is 13.0. The number of imidazole rings is 1. The van der Waals surface area contributed by atoms with Crippen LogP contribution in [0.2, 0.25) is 0 Å². The Kier molecular flexibility index (Phi) is 7.15. The van der Waals surface area contributed by atoms with Gasteiger partial charge in [-0.2, -0.15) is 0 Å². The average molecular weight is 492 g/mol. The number of imide groups is 1. The quantitative estimate of drug-likeness (QED) is 0.404. The number of benzene rings is 2. The number of aryl methyl sites for hydroxylation is 4. The standard InChI is InChI=1S/C28H33N3O5/c1-28(2,3)36-25(33)16-12-20-8-6-5-7-19(20)11-9-18-10-13-21-23(17-18)30(4)27(35)31(21)22-14-15-24(32)29-26(22)34/h5-8,10,13,17,22H,9,11-12,14-16H2,1-4H3,(H,29,32,34). The third kappa shape index (κ3) is 5.58. The molecule has 4 rings (SSSR count). The van der Waals surface area contributed by atoms with Gasteiger partial charge in [-0.3, -0.25) is 28.8 Å². The Bertz CT molecular complexity index is 1380. The highest BCUT2D eigenvalue weighted by Crippen LogP contribution is 2.24. The summed E-state index contributed by atoms with van der Waals surface area (Å²) in [5, 5.41) is 2.34. The van der Waals surface area contributed by atoms with Crippen molar-refractivity contribution in [3.63, 3.8) is 0 Å². The number of piperidine rings is 1. The maximum absolute atomic E-state index is 13.0. The fourth-order valence-corrected chi connectivity index (χ4v) is 4.75. The number of rotatable bonds is 7. The molecule has 0 aliphatic carbocycles. The van der Waals surface area contributed by atoms with E-state index >= 15 is 0 Å². The first-order chi connectivity index (χ1) is 17.0. The number of amides is 2. The molecular formula is C28H33N3O5. The lowest BCUT2D eigenvalue weighted by atomic mass is 9.97. The number of esters is 1. The van der Waals surface area contributed by atoms with Gasteiger partial charge in [-0.25, -0.2) is 4.79 Å². The van der Waals surface area contributed by atoms with Crippen LogP contribution in [-0.4, -0.2) is 32.5 Å². The molecule has 0 spiro atoms. The normalized spacial score (nSPS) is 16.3. The largest absolute Gasteiger partial charge is 0.460 e. The summed E-state index contributed by atoms with van der Waals surface area (Å²) in [6, 6.07) is 13.3. The molecule has 1 fully saturated rings. The molecule has 1 saturated heterocycles. The predicted molar refractivity (Wildman–Crippen MR) is 137 cm³/mol. The van der Waals surface area contributed by atoms with Gasteiger partial charge in [-0.15, -0.1) is 0 Å². The third-order valence-corrected chi connectivity index (χ3v) is 6.50. The second-order valence-corrected chi connectivity index (χ2v) is 10.4. The first-order valence-corrected chi connectivity index (χ1v) is 12.4. The summed E-state index contributed by atoms with van der Waals surface area (Å²) in [7, 11) is 1.70. The van der Waals surface area contributed by atoms with E-state index in [2.05, 4.69) is 11.4 Å². The Balaban J connectivity index is 1.50. The number of ether oxygens (including phenoxy) is 1. The Labute approximate surface area is 210 Å². The first-order valence-electron chi connectivity index (χ1n) is 12.4. The minimum absolute atomic E-state index is 0.204. The number of carbonyl (C=O) groups is 3. The van der Waals surface area contributed by atoms with Gasteiger partial charge in [0.05, 0.1) is 11.0 Å². The van der Waals surface area contributed by atoms with E-state index in [1.807, 2.05) is 57.2 Å². The number of aromatic nitrogens is 2. The molecule has 8 heteroatoms. The second-order valence-electron chi connectivity index (χ2n) is 10.4. The summed E-state index contributed by atoms with van der Waals surface area (Å²) in [5.74, 6) is -0.949. The van der Waals surface area contributed by atoms with E-state index in [4.69, 9.17) is 4.74 Å². The molecule has 8 nitrogen and oxygen atoms in total. The van der Waals surface area contributed by atoms with Crippen LogP contribution < -0.4 is 11.0 Å². The van der Waals surface area contributed by atoms with Crippen molar-refractivity contribution >= 4 is 28.8 Å². The highest BCUT2D eigenvalue weighted by atomic mass is 16.6. The number of carbonyl (C=O) groups excluding carboxylic acids is 3. The Morgan fingerprint density at radius 3 is 2.36 bits per heavy atom. The molecule has 3 aromatic rings. The molecule has 0 radical (unpaired) electrons. The zero-order valence-corrected chi connectivity index (χ0v) is 21.3. The average Bonchev–Trinajstić information content (AvgIpc) is 3.05. The van der Waals surface area contributed by atoms with Crippen LogP contribution >= 0.6 is 0 Å². The van der Waals surface area contributed by atoms with Crippen LogP contribution in [-0.2, 0) is 45.4 Å². The monoisotopic (exact) mass is 491 g/mol. The van der Waals surface area contributed by atoms with E-state index in [1.54, 1.807) is 11.6 Å².